The maximum Gasteiger partial charge on any atom is 0.191 e. The van der Waals surface area contributed by atoms with E-state index < -0.39 is 5.60 Å². The second kappa shape index (κ2) is 14.0. The van der Waals surface area contributed by atoms with Gasteiger partial charge >= 0.3 is 0 Å². The molecule has 1 unspecified atom stereocenters. The third kappa shape index (κ3) is 8.49. The van der Waals surface area contributed by atoms with Gasteiger partial charge in [0.05, 0.1) is 19.3 Å². The average molecular weight is 533 g/mol. The Morgan fingerprint density at radius 2 is 1.97 bits per heavy atom. The minimum absolute atomic E-state index is 0. The van der Waals surface area contributed by atoms with Crippen molar-refractivity contribution >= 4 is 35.6 Å². The van der Waals surface area contributed by atoms with Crippen molar-refractivity contribution in [1.29, 1.82) is 0 Å². The Balaban J connectivity index is 0.00000450. The molecule has 1 fully saturated rings. The number of anilines is 1. The first-order valence-electron chi connectivity index (χ1n) is 11.2. The van der Waals surface area contributed by atoms with Gasteiger partial charge in [0.15, 0.2) is 5.96 Å². The lowest BCUT2D eigenvalue weighted by molar-refractivity contribution is 0.0306. The first-order valence-corrected chi connectivity index (χ1v) is 11.2. The monoisotopic (exact) mass is 532 g/mol. The molecule has 1 aliphatic rings. The first-order chi connectivity index (χ1) is 14.0. The van der Waals surface area contributed by atoms with Gasteiger partial charge in [0.25, 0.3) is 0 Å². The van der Waals surface area contributed by atoms with Crippen molar-refractivity contribution in [3.63, 3.8) is 0 Å². The molecule has 1 aromatic carbocycles. The van der Waals surface area contributed by atoms with E-state index in [4.69, 9.17) is 9.73 Å². The van der Waals surface area contributed by atoms with Gasteiger partial charge in [0.2, 0.25) is 0 Å². The van der Waals surface area contributed by atoms with Crippen LogP contribution in [-0.4, -0.2) is 56.5 Å². The fourth-order valence-electron chi connectivity index (χ4n) is 4.06. The molecule has 1 aromatic rings. The van der Waals surface area contributed by atoms with Gasteiger partial charge in [0.1, 0.15) is 5.75 Å². The molecule has 30 heavy (non-hydrogen) atoms. The van der Waals surface area contributed by atoms with Crippen LogP contribution in [-0.2, 0) is 0 Å². The zero-order valence-electron chi connectivity index (χ0n) is 19.1. The third-order valence-corrected chi connectivity index (χ3v) is 5.57. The smallest absolute Gasteiger partial charge is 0.191 e. The minimum atomic E-state index is -0.692. The van der Waals surface area contributed by atoms with E-state index in [9.17, 15) is 5.11 Å². The summed E-state index contributed by atoms with van der Waals surface area (Å²) < 4.78 is 5.35. The Labute approximate surface area is 199 Å². The van der Waals surface area contributed by atoms with Crippen molar-refractivity contribution in [3.05, 3.63) is 24.3 Å². The van der Waals surface area contributed by atoms with E-state index >= 15 is 0 Å². The topological polar surface area (TPSA) is 69.1 Å². The number of benzene rings is 1. The van der Waals surface area contributed by atoms with Crippen LogP contribution < -0.4 is 20.3 Å². The third-order valence-electron chi connectivity index (χ3n) is 5.57. The van der Waals surface area contributed by atoms with Gasteiger partial charge in [-0.3, -0.25) is 4.99 Å². The normalized spacial score (nSPS) is 16.9. The van der Waals surface area contributed by atoms with Gasteiger partial charge in [-0.25, -0.2) is 0 Å². The van der Waals surface area contributed by atoms with Gasteiger partial charge in [-0.15, -0.1) is 24.0 Å². The van der Waals surface area contributed by atoms with Crippen molar-refractivity contribution in [3.8, 4) is 5.75 Å². The van der Waals surface area contributed by atoms with Gasteiger partial charge in [-0.1, -0.05) is 32.8 Å². The molecule has 3 N–H and O–H groups in total. The largest absolute Gasteiger partial charge is 0.497 e. The van der Waals surface area contributed by atoms with Crippen molar-refractivity contribution in [2.24, 2.45) is 10.9 Å². The number of aliphatic imine (C=N–C) groups is 1. The zero-order chi connectivity index (χ0) is 21.1. The van der Waals surface area contributed by atoms with Crippen molar-refractivity contribution in [2.75, 3.05) is 44.7 Å². The van der Waals surface area contributed by atoms with Crippen LogP contribution in [0.3, 0.4) is 0 Å². The van der Waals surface area contributed by atoms with E-state index in [1.807, 2.05) is 12.1 Å². The maximum absolute atomic E-state index is 10.8. The van der Waals surface area contributed by atoms with Crippen LogP contribution in [0.15, 0.2) is 29.3 Å². The molecule has 0 aromatic heterocycles. The van der Waals surface area contributed by atoms with Crippen LogP contribution in [0.4, 0.5) is 5.69 Å². The van der Waals surface area contributed by atoms with Crippen molar-refractivity contribution in [1.82, 2.24) is 10.6 Å². The number of rotatable bonds is 11. The molecule has 1 heterocycles. The molecule has 0 spiro atoms. The highest BCUT2D eigenvalue weighted by molar-refractivity contribution is 14.0. The van der Waals surface area contributed by atoms with Crippen molar-refractivity contribution < 1.29 is 9.84 Å². The number of ether oxygens (including phenoxy) is 1. The number of guanidine groups is 1. The average Bonchev–Trinajstić information content (AvgIpc) is 3.20. The summed E-state index contributed by atoms with van der Waals surface area (Å²) in [7, 11) is 1.71. The Morgan fingerprint density at radius 1 is 1.23 bits per heavy atom. The summed E-state index contributed by atoms with van der Waals surface area (Å²) >= 11 is 0. The molecule has 172 valence electrons. The van der Waals surface area contributed by atoms with Crippen LogP contribution in [0.5, 0.6) is 5.75 Å². The summed E-state index contributed by atoms with van der Waals surface area (Å²) in [4.78, 5) is 7.11. The van der Waals surface area contributed by atoms with E-state index in [1.54, 1.807) is 7.11 Å². The number of methoxy groups -OCH3 is 1. The molecular formula is C23H41IN4O2. The lowest BCUT2D eigenvalue weighted by Crippen LogP contribution is -2.42. The Morgan fingerprint density at radius 3 is 2.60 bits per heavy atom. The minimum Gasteiger partial charge on any atom is -0.497 e. The summed E-state index contributed by atoms with van der Waals surface area (Å²) in [6, 6.07) is 8.27. The van der Waals surface area contributed by atoms with Crippen LogP contribution >= 0.6 is 24.0 Å². The Kier molecular flexibility index (Phi) is 12.5. The molecular weight excluding hydrogens is 491 g/mol. The summed E-state index contributed by atoms with van der Waals surface area (Å²) in [5.41, 5.74) is 0.527. The molecule has 0 aliphatic carbocycles. The number of nitrogens with zero attached hydrogens (tertiary/aromatic N) is 2. The van der Waals surface area contributed by atoms with Gasteiger partial charge in [-0.2, -0.15) is 0 Å². The highest BCUT2D eigenvalue weighted by Crippen LogP contribution is 2.26. The van der Waals surface area contributed by atoms with E-state index in [2.05, 4.69) is 48.4 Å². The van der Waals surface area contributed by atoms with Gasteiger partial charge < -0.3 is 25.4 Å². The second-order valence-electron chi connectivity index (χ2n) is 8.10. The van der Waals surface area contributed by atoms with Crippen LogP contribution in [0.1, 0.15) is 52.9 Å². The number of hydrogen-bond acceptors (Lipinski definition) is 4. The number of aliphatic hydroxyl groups is 1. The van der Waals surface area contributed by atoms with E-state index in [1.165, 1.54) is 5.69 Å². The standard InChI is InChI=1S/C23H40N4O2.HI/c1-5-12-23(28,13-6-2)18-26-22(24-7-3)25-16-19-11-14-27(17-19)20-9-8-10-21(15-20)29-4;/h8-10,15,19,28H,5-7,11-14,16-18H2,1-4H3,(H2,24,25,26);1H. The molecule has 0 saturated carbocycles. The number of halogens is 1. The summed E-state index contributed by atoms with van der Waals surface area (Å²) in [5.74, 6) is 2.27. The molecule has 7 heteroatoms. The van der Waals surface area contributed by atoms with Crippen molar-refractivity contribution in [2.45, 2.75) is 58.5 Å². The molecule has 6 nitrogen and oxygen atoms in total. The Hall–Kier alpha value is -1.22. The van der Waals surface area contributed by atoms with E-state index in [-0.39, 0.29) is 24.0 Å². The molecule has 1 aliphatic heterocycles. The SMILES string of the molecule is CCCC(O)(CCC)CN=C(NCC)NCC1CCN(c2cccc(OC)c2)C1.I. The summed E-state index contributed by atoms with van der Waals surface area (Å²) in [6.07, 6.45) is 4.68. The zero-order valence-corrected chi connectivity index (χ0v) is 21.4. The molecule has 0 bridgehead atoms. The lowest BCUT2D eigenvalue weighted by Gasteiger charge is -2.26. The quantitative estimate of drug-likeness (QED) is 0.228. The Bertz CT molecular complexity index is 635. The second-order valence-corrected chi connectivity index (χ2v) is 8.10. The molecule has 0 amide bonds. The molecule has 1 saturated heterocycles. The van der Waals surface area contributed by atoms with E-state index in [0.29, 0.717) is 12.5 Å². The summed E-state index contributed by atoms with van der Waals surface area (Å²) in [5, 5.41) is 17.6. The van der Waals surface area contributed by atoms with Crippen LogP contribution in [0, 0.1) is 5.92 Å². The van der Waals surface area contributed by atoms with Crippen LogP contribution in [0.2, 0.25) is 0 Å². The predicted molar refractivity (Wildman–Crippen MR) is 137 cm³/mol. The lowest BCUT2D eigenvalue weighted by atomic mass is 9.93. The highest BCUT2D eigenvalue weighted by atomic mass is 127. The van der Waals surface area contributed by atoms with Crippen LogP contribution in [0.25, 0.3) is 0 Å². The number of hydrogen-bond donors (Lipinski definition) is 3. The molecule has 0 radical (unpaired) electrons. The number of nitrogens with one attached hydrogen (secondary N) is 2. The fourth-order valence-corrected chi connectivity index (χ4v) is 4.06. The van der Waals surface area contributed by atoms with E-state index in [0.717, 1.165) is 70.0 Å². The maximum atomic E-state index is 10.8. The summed E-state index contributed by atoms with van der Waals surface area (Å²) in [6.45, 7) is 10.5. The van der Waals surface area contributed by atoms with Gasteiger partial charge in [0, 0.05) is 37.9 Å². The first kappa shape index (κ1) is 26.8. The fraction of sp³-hybridized carbons (Fsp3) is 0.696. The molecule has 2 rings (SSSR count). The van der Waals surface area contributed by atoms with Gasteiger partial charge in [-0.05, 0) is 44.2 Å². The predicted octanol–water partition coefficient (Wildman–Crippen LogP) is 4.03. The molecule has 1 atom stereocenters. The highest BCUT2D eigenvalue weighted by Gasteiger charge is 2.25.